The van der Waals surface area contributed by atoms with Gasteiger partial charge in [0.15, 0.2) is 17.5 Å². The first kappa shape index (κ1) is 25.4. The van der Waals surface area contributed by atoms with E-state index in [0.29, 0.717) is 17.5 Å². The Morgan fingerprint density at radius 1 is 0.311 bits per heavy atom. The third-order valence-corrected chi connectivity index (χ3v) is 8.49. The maximum atomic E-state index is 6.14. The fraction of sp³-hybridized carbons (Fsp3) is 0. The van der Waals surface area contributed by atoms with E-state index >= 15 is 0 Å². The molecule has 0 spiro atoms. The predicted molar refractivity (Wildman–Crippen MR) is 184 cm³/mol. The molecule has 2 heterocycles. The first-order chi connectivity index (χ1) is 22.2. The summed E-state index contributed by atoms with van der Waals surface area (Å²) in [6.07, 6.45) is 0. The Hall–Kier alpha value is -6.13. The van der Waals surface area contributed by atoms with Gasteiger partial charge in [-0.15, -0.1) is 0 Å². The number of nitrogens with zero attached hydrogens (tertiary/aromatic N) is 3. The van der Waals surface area contributed by atoms with Crippen LogP contribution in [-0.4, -0.2) is 15.0 Å². The van der Waals surface area contributed by atoms with E-state index in [-0.39, 0.29) is 0 Å². The number of fused-ring (bicyclic) bond motifs is 5. The summed E-state index contributed by atoms with van der Waals surface area (Å²) in [6.45, 7) is 0. The summed E-state index contributed by atoms with van der Waals surface area (Å²) in [5, 5.41) is 6.74. The van der Waals surface area contributed by atoms with Crippen LogP contribution >= 0.6 is 0 Å². The lowest BCUT2D eigenvalue weighted by molar-refractivity contribution is 0.669. The molecule has 4 nitrogen and oxygen atoms in total. The van der Waals surface area contributed by atoms with Crippen LogP contribution in [0.4, 0.5) is 0 Å². The maximum absolute atomic E-state index is 6.14. The molecule has 0 unspecified atom stereocenters. The number of aromatic nitrogens is 3. The lowest BCUT2D eigenvalue weighted by atomic mass is 10.0. The van der Waals surface area contributed by atoms with E-state index in [1.54, 1.807) is 0 Å². The molecule has 0 fully saturated rings. The molecular formula is C41H25N3O. The van der Waals surface area contributed by atoms with Crippen LogP contribution in [0.3, 0.4) is 0 Å². The second-order valence-electron chi connectivity index (χ2n) is 11.3. The summed E-state index contributed by atoms with van der Waals surface area (Å²) in [6, 6.07) is 52.4. The molecule has 9 aromatic rings. The Labute approximate surface area is 259 Å². The monoisotopic (exact) mass is 575 g/mol. The van der Waals surface area contributed by atoms with Crippen molar-refractivity contribution < 1.29 is 4.42 Å². The zero-order valence-electron chi connectivity index (χ0n) is 24.2. The van der Waals surface area contributed by atoms with Crippen LogP contribution in [-0.2, 0) is 0 Å². The van der Waals surface area contributed by atoms with Crippen LogP contribution in [0.1, 0.15) is 0 Å². The topological polar surface area (TPSA) is 51.8 Å². The minimum Gasteiger partial charge on any atom is -0.456 e. The lowest BCUT2D eigenvalue weighted by Gasteiger charge is -2.10. The van der Waals surface area contributed by atoms with E-state index in [0.717, 1.165) is 60.4 Å². The number of para-hydroxylation sites is 1. The second-order valence-corrected chi connectivity index (χ2v) is 11.3. The average Bonchev–Trinajstić information content (AvgIpc) is 3.47. The minimum absolute atomic E-state index is 0.634. The van der Waals surface area contributed by atoms with Crippen molar-refractivity contribution in [2.45, 2.75) is 0 Å². The summed E-state index contributed by atoms with van der Waals surface area (Å²) in [5.74, 6) is 1.91. The van der Waals surface area contributed by atoms with E-state index in [2.05, 4.69) is 127 Å². The fourth-order valence-corrected chi connectivity index (χ4v) is 6.14. The highest BCUT2D eigenvalue weighted by atomic mass is 16.3. The molecule has 9 rings (SSSR count). The number of benzene rings is 7. The maximum Gasteiger partial charge on any atom is 0.164 e. The summed E-state index contributed by atoms with van der Waals surface area (Å²) >= 11 is 0. The SMILES string of the molecule is c1ccc(-c2ccc(-c3nc(-c4ccc5ccccc5c4)nc(-c4ccc5cc6oc7ccccc7c6cc5c4)n3)cc2)cc1. The van der Waals surface area contributed by atoms with Gasteiger partial charge in [0.1, 0.15) is 11.2 Å². The van der Waals surface area contributed by atoms with Gasteiger partial charge in [-0.1, -0.05) is 121 Å². The molecular weight excluding hydrogens is 550 g/mol. The molecule has 0 aliphatic rings. The predicted octanol–water partition coefficient (Wildman–Crippen LogP) is 10.7. The average molecular weight is 576 g/mol. The van der Waals surface area contributed by atoms with E-state index in [1.165, 1.54) is 10.9 Å². The number of furan rings is 1. The summed E-state index contributed by atoms with van der Waals surface area (Å²) in [5.41, 5.74) is 6.92. The Morgan fingerprint density at radius 3 is 1.62 bits per heavy atom. The van der Waals surface area contributed by atoms with E-state index in [9.17, 15) is 0 Å². The molecule has 4 heteroatoms. The van der Waals surface area contributed by atoms with Crippen molar-refractivity contribution in [2.75, 3.05) is 0 Å². The fourth-order valence-electron chi connectivity index (χ4n) is 6.14. The Balaban J connectivity index is 1.20. The Bertz CT molecular complexity index is 2530. The van der Waals surface area contributed by atoms with Crippen LogP contribution in [0.2, 0.25) is 0 Å². The molecule has 0 radical (unpaired) electrons. The third-order valence-electron chi connectivity index (χ3n) is 8.49. The van der Waals surface area contributed by atoms with Gasteiger partial charge >= 0.3 is 0 Å². The van der Waals surface area contributed by atoms with Gasteiger partial charge in [-0.05, 0) is 63.0 Å². The van der Waals surface area contributed by atoms with Crippen LogP contribution in [0.15, 0.2) is 156 Å². The molecule has 0 amide bonds. The molecule has 0 saturated heterocycles. The zero-order chi connectivity index (χ0) is 29.7. The van der Waals surface area contributed by atoms with Gasteiger partial charge in [0.05, 0.1) is 0 Å². The highest BCUT2D eigenvalue weighted by molar-refractivity contribution is 6.10. The molecule has 0 aliphatic heterocycles. The highest BCUT2D eigenvalue weighted by Gasteiger charge is 2.15. The van der Waals surface area contributed by atoms with E-state index in [1.807, 2.05) is 24.3 Å². The largest absolute Gasteiger partial charge is 0.456 e. The van der Waals surface area contributed by atoms with Crippen LogP contribution < -0.4 is 0 Å². The van der Waals surface area contributed by atoms with Crippen molar-refractivity contribution in [3.05, 3.63) is 152 Å². The molecule has 0 atom stereocenters. The third kappa shape index (κ3) is 4.52. The van der Waals surface area contributed by atoms with Gasteiger partial charge in [0.25, 0.3) is 0 Å². The highest BCUT2D eigenvalue weighted by Crippen LogP contribution is 2.34. The second kappa shape index (κ2) is 10.2. The lowest BCUT2D eigenvalue weighted by Crippen LogP contribution is -2.00. The number of rotatable bonds is 4. The summed E-state index contributed by atoms with van der Waals surface area (Å²) < 4.78 is 6.14. The van der Waals surface area contributed by atoms with Crippen molar-refractivity contribution in [1.29, 1.82) is 0 Å². The zero-order valence-corrected chi connectivity index (χ0v) is 24.2. The van der Waals surface area contributed by atoms with Crippen LogP contribution in [0, 0.1) is 0 Å². The number of hydrogen-bond donors (Lipinski definition) is 0. The van der Waals surface area contributed by atoms with Crippen molar-refractivity contribution >= 4 is 43.5 Å². The molecule has 0 bridgehead atoms. The molecule has 210 valence electrons. The van der Waals surface area contributed by atoms with Gasteiger partial charge in [-0.25, -0.2) is 15.0 Å². The van der Waals surface area contributed by atoms with E-state index in [4.69, 9.17) is 19.4 Å². The van der Waals surface area contributed by atoms with Gasteiger partial charge in [-0.3, -0.25) is 0 Å². The molecule has 7 aromatic carbocycles. The standard InChI is InChI=1S/C41H25N3O/c1-2-8-26(9-3-1)28-14-17-29(18-15-28)39-42-40(32-20-16-27-10-4-5-11-30(27)22-32)44-41(43-39)33-21-19-31-25-38-36(24-34(31)23-33)35-12-6-7-13-37(35)45-38/h1-25H. The Kier molecular flexibility index (Phi) is 5.78. The molecule has 45 heavy (non-hydrogen) atoms. The molecule has 0 aliphatic carbocycles. The van der Waals surface area contributed by atoms with Crippen LogP contribution in [0.25, 0.3) is 88.8 Å². The van der Waals surface area contributed by atoms with E-state index < -0.39 is 0 Å². The summed E-state index contributed by atoms with van der Waals surface area (Å²) in [4.78, 5) is 15.1. The number of hydrogen-bond acceptors (Lipinski definition) is 4. The van der Waals surface area contributed by atoms with Crippen LogP contribution in [0.5, 0.6) is 0 Å². The smallest absolute Gasteiger partial charge is 0.164 e. The van der Waals surface area contributed by atoms with Gasteiger partial charge < -0.3 is 4.42 Å². The summed E-state index contributed by atoms with van der Waals surface area (Å²) in [7, 11) is 0. The molecule has 2 aromatic heterocycles. The van der Waals surface area contributed by atoms with Gasteiger partial charge in [0.2, 0.25) is 0 Å². The van der Waals surface area contributed by atoms with Gasteiger partial charge in [-0.2, -0.15) is 0 Å². The first-order valence-corrected chi connectivity index (χ1v) is 15.0. The first-order valence-electron chi connectivity index (χ1n) is 15.0. The van der Waals surface area contributed by atoms with Crippen molar-refractivity contribution in [1.82, 2.24) is 15.0 Å². The normalized spacial score (nSPS) is 11.6. The molecule has 0 N–H and O–H groups in total. The van der Waals surface area contributed by atoms with Crippen molar-refractivity contribution in [2.24, 2.45) is 0 Å². The van der Waals surface area contributed by atoms with Crippen molar-refractivity contribution in [3.8, 4) is 45.3 Å². The minimum atomic E-state index is 0.634. The molecule has 0 saturated carbocycles. The Morgan fingerprint density at radius 2 is 0.844 bits per heavy atom. The quantitative estimate of drug-likeness (QED) is 0.209. The van der Waals surface area contributed by atoms with Crippen molar-refractivity contribution in [3.63, 3.8) is 0 Å². The van der Waals surface area contributed by atoms with Gasteiger partial charge in [0, 0.05) is 27.5 Å².